The molecule has 0 spiro atoms. The van der Waals surface area contributed by atoms with Gasteiger partial charge in [0.05, 0.1) is 0 Å². The van der Waals surface area contributed by atoms with Gasteiger partial charge in [0, 0.05) is 13.0 Å². The number of hydrogen-bond acceptors (Lipinski definition) is 7. The molecule has 1 saturated heterocycles. The predicted octanol–water partition coefficient (Wildman–Crippen LogP) is -0.00880. The number of carbonyl (C=O) groups is 3. The molecule has 1 aliphatic rings. The number of rotatable bonds is 9. The van der Waals surface area contributed by atoms with E-state index in [-0.39, 0.29) is 6.42 Å². The maximum absolute atomic E-state index is 12.6. The van der Waals surface area contributed by atoms with Crippen LogP contribution in [0.3, 0.4) is 0 Å². The Labute approximate surface area is 168 Å². The van der Waals surface area contributed by atoms with Crippen molar-refractivity contribution in [3.8, 4) is 0 Å². The minimum Gasteiger partial charge on any atom is -0.479 e. The molecule has 1 aromatic rings. The molecule has 3 N–H and O–H groups in total. The van der Waals surface area contributed by atoms with Gasteiger partial charge in [-0.25, -0.2) is 13.2 Å². The van der Waals surface area contributed by atoms with Crippen LogP contribution in [0.5, 0.6) is 0 Å². The average molecular weight is 428 g/mol. The first-order valence-corrected chi connectivity index (χ1v) is 10.3. The van der Waals surface area contributed by atoms with Gasteiger partial charge in [0.1, 0.15) is 12.6 Å². The van der Waals surface area contributed by atoms with Crippen LogP contribution in [0.25, 0.3) is 0 Å². The number of nitrogens with one attached hydrogen (secondary N) is 2. The largest absolute Gasteiger partial charge is 0.479 e. The van der Waals surface area contributed by atoms with Crippen molar-refractivity contribution < 1.29 is 36.3 Å². The monoisotopic (exact) mass is 428 g/mol. The van der Waals surface area contributed by atoms with Gasteiger partial charge in [0.2, 0.25) is 5.91 Å². The fourth-order valence-electron chi connectivity index (χ4n) is 2.62. The van der Waals surface area contributed by atoms with Crippen LogP contribution < -0.4 is 10.6 Å². The lowest BCUT2D eigenvalue weighted by Crippen LogP contribution is -2.59. The molecule has 2 amide bonds. The van der Waals surface area contributed by atoms with E-state index in [1.807, 2.05) is 13.8 Å². The van der Waals surface area contributed by atoms with Crippen molar-refractivity contribution in [1.82, 2.24) is 10.6 Å². The summed E-state index contributed by atoms with van der Waals surface area (Å²) in [5.41, 5.74) is -2.07. The zero-order valence-corrected chi connectivity index (χ0v) is 16.9. The van der Waals surface area contributed by atoms with Gasteiger partial charge in [0.25, 0.3) is 11.5 Å². The molecule has 2 rings (SSSR count). The molecular weight excluding hydrogens is 404 g/mol. The summed E-state index contributed by atoms with van der Waals surface area (Å²) >= 11 is 0. The first-order valence-electron chi connectivity index (χ1n) is 9.02. The Kier molecular flexibility index (Phi) is 7.33. The molecule has 29 heavy (non-hydrogen) atoms. The van der Waals surface area contributed by atoms with Gasteiger partial charge in [-0.3, -0.25) is 9.59 Å². The van der Waals surface area contributed by atoms with Crippen molar-refractivity contribution in [3.63, 3.8) is 0 Å². The minimum absolute atomic E-state index is 0.0728. The highest BCUT2D eigenvalue weighted by molar-refractivity contribution is 7.82. The van der Waals surface area contributed by atoms with E-state index in [4.69, 9.17) is 0 Å². The average Bonchev–Trinajstić information content (AvgIpc) is 2.98. The quantitative estimate of drug-likeness (QED) is 0.465. The second-order valence-corrected chi connectivity index (χ2v) is 8.29. The van der Waals surface area contributed by atoms with Crippen LogP contribution in [-0.4, -0.2) is 56.1 Å². The van der Waals surface area contributed by atoms with E-state index >= 15 is 0 Å². The van der Waals surface area contributed by atoms with Crippen LogP contribution in [0.15, 0.2) is 30.3 Å². The first kappa shape index (κ1) is 22.8. The molecule has 1 aromatic carbocycles. The van der Waals surface area contributed by atoms with Crippen molar-refractivity contribution in [2.75, 3.05) is 13.2 Å². The summed E-state index contributed by atoms with van der Waals surface area (Å²) in [6, 6.07) is 7.64. The van der Waals surface area contributed by atoms with E-state index in [9.17, 15) is 27.9 Å². The number of hydrogen-bond donors (Lipinski definition) is 3. The summed E-state index contributed by atoms with van der Waals surface area (Å²) in [5.74, 6) is -3.30. The molecule has 160 valence electrons. The van der Waals surface area contributed by atoms with Crippen molar-refractivity contribution in [2.45, 2.75) is 38.3 Å². The molecule has 0 radical (unpaired) electrons. The topological polar surface area (TPSA) is 148 Å². The van der Waals surface area contributed by atoms with Gasteiger partial charge >= 0.3 is 16.4 Å². The third-order valence-electron chi connectivity index (χ3n) is 4.29. The van der Waals surface area contributed by atoms with Gasteiger partial charge in [-0.1, -0.05) is 44.2 Å². The van der Waals surface area contributed by atoms with Crippen LogP contribution in [0.4, 0.5) is 0 Å². The van der Waals surface area contributed by atoms with E-state index in [2.05, 4.69) is 19.0 Å². The number of carbonyl (C=O) groups excluding carboxylic acids is 2. The Bertz CT molecular complexity index is 856. The molecular formula is C18H24N2O8S. The van der Waals surface area contributed by atoms with Crippen LogP contribution in [0, 0.1) is 5.92 Å². The summed E-state index contributed by atoms with van der Waals surface area (Å²) in [4.78, 5) is 36.8. The Morgan fingerprint density at radius 2 is 1.86 bits per heavy atom. The molecule has 0 aliphatic carbocycles. The van der Waals surface area contributed by atoms with E-state index in [1.54, 1.807) is 30.3 Å². The Balaban J connectivity index is 2.20. The molecule has 0 bridgehead atoms. The molecule has 11 heteroatoms. The molecule has 1 heterocycles. The van der Waals surface area contributed by atoms with E-state index in [1.165, 1.54) is 0 Å². The molecule has 0 saturated carbocycles. The highest BCUT2D eigenvalue weighted by Gasteiger charge is 2.58. The van der Waals surface area contributed by atoms with Crippen LogP contribution >= 0.6 is 0 Å². The Morgan fingerprint density at radius 3 is 2.38 bits per heavy atom. The van der Waals surface area contributed by atoms with Crippen molar-refractivity contribution in [3.05, 3.63) is 35.9 Å². The van der Waals surface area contributed by atoms with Crippen molar-refractivity contribution in [1.29, 1.82) is 0 Å². The third-order valence-corrected chi connectivity index (χ3v) is 5.18. The van der Waals surface area contributed by atoms with Crippen LogP contribution in [0.2, 0.25) is 0 Å². The van der Waals surface area contributed by atoms with Gasteiger partial charge in [-0.05, 0) is 17.9 Å². The number of benzene rings is 1. The molecule has 0 unspecified atom stereocenters. The summed E-state index contributed by atoms with van der Waals surface area (Å²) in [7, 11) is -4.62. The summed E-state index contributed by atoms with van der Waals surface area (Å²) in [6.07, 6.45) is 0.787. The second kappa shape index (κ2) is 9.33. The third kappa shape index (κ3) is 5.99. The van der Waals surface area contributed by atoms with Crippen molar-refractivity contribution >= 4 is 28.2 Å². The zero-order chi connectivity index (χ0) is 21.7. The SMILES string of the molecule is CC(C)CCNC(=O)[C@H](Cc1ccccc1)NC(=O)[C@]1(C(=O)O)COS(=O)(=O)O1. The lowest BCUT2D eigenvalue weighted by molar-refractivity contribution is -0.162. The molecule has 2 atom stereocenters. The standard InChI is InChI=1S/C18H24N2O8S/c1-12(2)8-9-19-15(21)14(10-13-6-4-3-5-7-13)20-16(22)18(17(23)24)11-27-29(25,26)28-18/h3-7,12,14H,8-11H2,1-2H3,(H,19,21)(H,20,22)(H,23,24)/t14-,18-/m0/s1. The number of carboxylic acid groups (broad SMARTS) is 1. The highest BCUT2D eigenvalue weighted by Crippen LogP contribution is 2.26. The molecule has 10 nitrogen and oxygen atoms in total. The molecule has 1 aliphatic heterocycles. The van der Waals surface area contributed by atoms with Crippen LogP contribution in [-0.2, 0) is 39.6 Å². The Hall–Kier alpha value is -2.50. The molecule has 0 aromatic heterocycles. The smallest absolute Gasteiger partial charge is 0.401 e. The minimum atomic E-state index is -4.62. The normalized spacial score (nSPS) is 21.5. The highest BCUT2D eigenvalue weighted by atomic mass is 32.3. The maximum atomic E-state index is 12.6. The van der Waals surface area contributed by atoms with E-state index in [0.717, 1.165) is 5.56 Å². The van der Waals surface area contributed by atoms with Crippen LogP contribution in [0.1, 0.15) is 25.8 Å². The number of carboxylic acids is 1. The van der Waals surface area contributed by atoms with Gasteiger partial charge in [-0.2, -0.15) is 8.42 Å². The zero-order valence-electron chi connectivity index (χ0n) is 16.1. The van der Waals surface area contributed by atoms with Gasteiger partial charge in [-0.15, -0.1) is 0 Å². The fourth-order valence-corrected chi connectivity index (χ4v) is 3.52. The molecule has 1 fully saturated rings. The lowest BCUT2D eigenvalue weighted by Gasteiger charge is -2.24. The fraction of sp³-hybridized carbons (Fsp3) is 0.500. The maximum Gasteiger partial charge on any atom is 0.401 e. The number of amides is 2. The first-order chi connectivity index (χ1) is 13.6. The van der Waals surface area contributed by atoms with Gasteiger partial charge in [0.15, 0.2) is 0 Å². The predicted molar refractivity (Wildman–Crippen MR) is 101 cm³/mol. The summed E-state index contributed by atoms with van der Waals surface area (Å²) in [6.45, 7) is 3.33. The van der Waals surface area contributed by atoms with E-state index in [0.29, 0.717) is 18.9 Å². The van der Waals surface area contributed by atoms with Gasteiger partial charge < -0.3 is 15.7 Å². The van der Waals surface area contributed by atoms with E-state index < -0.39 is 46.4 Å². The Morgan fingerprint density at radius 1 is 1.21 bits per heavy atom. The number of aliphatic carboxylic acids is 1. The van der Waals surface area contributed by atoms with Crippen molar-refractivity contribution in [2.24, 2.45) is 5.92 Å². The lowest BCUT2D eigenvalue weighted by atomic mass is 10.0. The summed E-state index contributed by atoms with van der Waals surface area (Å²) in [5, 5.41) is 14.4. The summed E-state index contributed by atoms with van der Waals surface area (Å²) < 4.78 is 31.5. The second-order valence-electron chi connectivity index (χ2n) is 7.08.